The molecule has 0 saturated heterocycles. The first-order valence-corrected chi connectivity index (χ1v) is 6.09. The molecule has 0 amide bonds. The predicted molar refractivity (Wildman–Crippen MR) is 73.0 cm³/mol. The van der Waals surface area contributed by atoms with E-state index in [0.29, 0.717) is 11.3 Å². The van der Waals surface area contributed by atoms with Crippen LogP contribution in [0.2, 0.25) is 0 Å². The second-order valence-electron chi connectivity index (χ2n) is 4.20. The van der Waals surface area contributed by atoms with E-state index in [4.69, 9.17) is 12.2 Å². The SMILES string of the molecule is Cc1ccnc2c1[nH]c(=S)n2Cc1ccncc1. The van der Waals surface area contributed by atoms with Crippen molar-refractivity contribution < 1.29 is 0 Å². The zero-order valence-corrected chi connectivity index (χ0v) is 10.7. The Morgan fingerprint density at radius 1 is 1.22 bits per heavy atom. The summed E-state index contributed by atoms with van der Waals surface area (Å²) in [5.41, 5.74) is 4.22. The summed E-state index contributed by atoms with van der Waals surface area (Å²) in [4.78, 5) is 11.6. The molecule has 3 aromatic heterocycles. The summed E-state index contributed by atoms with van der Waals surface area (Å²) in [6.45, 7) is 2.75. The summed E-state index contributed by atoms with van der Waals surface area (Å²) in [6, 6.07) is 5.94. The van der Waals surface area contributed by atoms with Gasteiger partial charge in [-0.05, 0) is 48.5 Å². The number of nitrogens with one attached hydrogen (secondary N) is 1. The molecule has 0 fully saturated rings. The summed E-state index contributed by atoms with van der Waals surface area (Å²) >= 11 is 5.36. The lowest BCUT2D eigenvalue weighted by Gasteiger charge is -2.03. The van der Waals surface area contributed by atoms with Crippen molar-refractivity contribution in [3.05, 3.63) is 52.7 Å². The van der Waals surface area contributed by atoms with Crippen molar-refractivity contribution in [2.75, 3.05) is 0 Å². The topological polar surface area (TPSA) is 46.5 Å². The summed E-state index contributed by atoms with van der Waals surface area (Å²) < 4.78 is 2.70. The first-order valence-electron chi connectivity index (χ1n) is 5.69. The Bertz CT molecular complexity index is 743. The van der Waals surface area contributed by atoms with E-state index >= 15 is 0 Å². The molecule has 0 saturated carbocycles. The number of aryl methyl sites for hydroxylation is 1. The van der Waals surface area contributed by atoms with Crippen molar-refractivity contribution >= 4 is 23.4 Å². The molecule has 0 spiro atoms. The van der Waals surface area contributed by atoms with Crippen molar-refractivity contribution in [2.24, 2.45) is 0 Å². The van der Waals surface area contributed by atoms with E-state index in [2.05, 4.69) is 15.0 Å². The summed E-state index contributed by atoms with van der Waals surface area (Å²) in [5, 5.41) is 0. The molecule has 0 aliphatic rings. The maximum Gasteiger partial charge on any atom is 0.179 e. The van der Waals surface area contributed by atoms with Gasteiger partial charge >= 0.3 is 0 Å². The van der Waals surface area contributed by atoms with Gasteiger partial charge in [0.1, 0.15) is 0 Å². The van der Waals surface area contributed by atoms with Crippen LogP contribution >= 0.6 is 12.2 Å². The fourth-order valence-electron chi connectivity index (χ4n) is 1.99. The van der Waals surface area contributed by atoms with Crippen LogP contribution in [0.25, 0.3) is 11.2 Å². The number of hydrogen-bond donors (Lipinski definition) is 1. The van der Waals surface area contributed by atoms with Crippen LogP contribution in [0.4, 0.5) is 0 Å². The minimum atomic E-state index is 0.698. The number of H-pyrrole nitrogens is 1. The number of aromatic nitrogens is 4. The number of aromatic amines is 1. The van der Waals surface area contributed by atoms with E-state index in [0.717, 1.165) is 22.3 Å². The van der Waals surface area contributed by atoms with E-state index < -0.39 is 0 Å². The molecule has 90 valence electrons. The molecule has 3 heterocycles. The van der Waals surface area contributed by atoms with Crippen molar-refractivity contribution in [1.29, 1.82) is 0 Å². The van der Waals surface area contributed by atoms with Gasteiger partial charge in [-0.15, -0.1) is 0 Å². The van der Waals surface area contributed by atoms with E-state index in [1.807, 2.05) is 35.9 Å². The van der Waals surface area contributed by atoms with Gasteiger partial charge < -0.3 is 4.98 Å². The Morgan fingerprint density at radius 2 is 2.00 bits per heavy atom. The maximum absolute atomic E-state index is 5.36. The molecule has 0 atom stereocenters. The Morgan fingerprint density at radius 3 is 2.78 bits per heavy atom. The zero-order chi connectivity index (χ0) is 12.5. The van der Waals surface area contributed by atoms with Crippen molar-refractivity contribution in [3.63, 3.8) is 0 Å². The lowest BCUT2D eigenvalue weighted by molar-refractivity contribution is 0.799. The second kappa shape index (κ2) is 4.34. The van der Waals surface area contributed by atoms with Crippen molar-refractivity contribution in [1.82, 2.24) is 19.5 Å². The fourth-order valence-corrected chi connectivity index (χ4v) is 2.24. The third-order valence-electron chi connectivity index (χ3n) is 2.96. The average molecular weight is 256 g/mol. The molecule has 0 aliphatic carbocycles. The number of rotatable bonds is 2. The van der Waals surface area contributed by atoms with Crippen molar-refractivity contribution in [2.45, 2.75) is 13.5 Å². The highest BCUT2D eigenvalue weighted by molar-refractivity contribution is 7.71. The normalized spacial score (nSPS) is 10.9. The molecular weight excluding hydrogens is 244 g/mol. The lowest BCUT2D eigenvalue weighted by Crippen LogP contribution is -2.00. The Labute approximate surface area is 109 Å². The van der Waals surface area contributed by atoms with Crippen LogP contribution in [0.1, 0.15) is 11.1 Å². The minimum absolute atomic E-state index is 0.698. The van der Waals surface area contributed by atoms with Crippen LogP contribution in [-0.4, -0.2) is 19.5 Å². The van der Waals surface area contributed by atoms with Crippen LogP contribution in [-0.2, 0) is 6.54 Å². The zero-order valence-electron chi connectivity index (χ0n) is 9.92. The largest absolute Gasteiger partial charge is 0.329 e. The Hall–Kier alpha value is -2.01. The van der Waals surface area contributed by atoms with E-state index in [1.54, 1.807) is 12.4 Å². The van der Waals surface area contributed by atoms with Gasteiger partial charge in [0.05, 0.1) is 12.1 Å². The van der Waals surface area contributed by atoms with Gasteiger partial charge in [-0.1, -0.05) is 0 Å². The standard InChI is InChI=1S/C13H12N4S/c1-9-2-7-15-12-11(9)16-13(18)17(12)8-10-3-5-14-6-4-10/h2-7H,8H2,1H3,(H,16,18). The maximum atomic E-state index is 5.36. The van der Waals surface area contributed by atoms with Gasteiger partial charge in [0.15, 0.2) is 10.4 Å². The van der Waals surface area contributed by atoms with Crippen LogP contribution in [0.3, 0.4) is 0 Å². The van der Waals surface area contributed by atoms with E-state index in [9.17, 15) is 0 Å². The first kappa shape index (κ1) is 11.1. The molecular formula is C13H12N4S. The highest BCUT2D eigenvalue weighted by Gasteiger charge is 2.07. The van der Waals surface area contributed by atoms with Gasteiger partial charge in [-0.25, -0.2) is 4.98 Å². The molecule has 0 radical (unpaired) electrons. The number of imidazole rings is 1. The molecule has 0 bridgehead atoms. The highest BCUT2D eigenvalue weighted by atomic mass is 32.1. The first-order chi connectivity index (χ1) is 8.75. The van der Waals surface area contributed by atoms with Crippen LogP contribution in [0.15, 0.2) is 36.8 Å². The second-order valence-corrected chi connectivity index (χ2v) is 4.58. The molecule has 4 nitrogen and oxygen atoms in total. The molecule has 18 heavy (non-hydrogen) atoms. The van der Waals surface area contributed by atoms with Crippen LogP contribution < -0.4 is 0 Å². The van der Waals surface area contributed by atoms with E-state index in [1.165, 1.54) is 0 Å². The smallest absolute Gasteiger partial charge is 0.179 e. The monoisotopic (exact) mass is 256 g/mol. The number of fused-ring (bicyclic) bond motifs is 1. The number of pyridine rings is 2. The van der Waals surface area contributed by atoms with Gasteiger partial charge in [0, 0.05) is 18.6 Å². The average Bonchev–Trinajstić information content (AvgIpc) is 2.70. The number of hydrogen-bond acceptors (Lipinski definition) is 3. The Kier molecular flexibility index (Phi) is 2.68. The summed E-state index contributed by atoms with van der Waals surface area (Å²) in [6.07, 6.45) is 5.38. The molecule has 3 rings (SSSR count). The molecule has 5 heteroatoms. The van der Waals surface area contributed by atoms with Gasteiger partial charge in [0.2, 0.25) is 0 Å². The molecule has 1 N–H and O–H groups in total. The van der Waals surface area contributed by atoms with Crippen LogP contribution in [0.5, 0.6) is 0 Å². The predicted octanol–water partition coefficient (Wildman–Crippen LogP) is 2.85. The third-order valence-corrected chi connectivity index (χ3v) is 3.28. The fraction of sp³-hybridized carbons (Fsp3) is 0.154. The summed E-state index contributed by atoms with van der Waals surface area (Å²) in [7, 11) is 0. The lowest BCUT2D eigenvalue weighted by atomic mass is 10.2. The van der Waals surface area contributed by atoms with Gasteiger partial charge in [-0.3, -0.25) is 9.55 Å². The highest BCUT2D eigenvalue weighted by Crippen LogP contribution is 2.16. The molecule has 0 unspecified atom stereocenters. The summed E-state index contributed by atoms with van der Waals surface area (Å²) in [5.74, 6) is 0. The Balaban J connectivity index is 2.15. The minimum Gasteiger partial charge on any atom is -0.329 e. The van der Waals surface area contributed by atoms with E-state index in [-0.39, 0.29) is 0 Å². The quantitative estimate of drug-likeness (QED) is 0.717. The number of nitrogens with zero attached hydrogens (tertiary/aromatic N) is 3. The van der Waals surface area contributed by atoms with Crippen LogP contribution in [0, 0.1) is 11.7 Å². The van der Waals surface area contributed by atoms with Gasteiger partial charge in [0.25, 0.3) is 0 Å². The molecule has 0 aromatic carbocycles. The third kappa shape index (κ3) is 1.82. The molecule has 0 aliphatic heterocycles. The molecule has 3 aromatic rings. The van der Waals surface area contributed by atoms with Gasteiger partial charge in [-0.2, -0.15) is 0 Å². The van der Waals surface area contributed by atoms with Crippen molar-refractivity contribution in [3.8, 4) is 0 Å².